The van der Waals surface area contributed by atoms with Crippen LogP contribution in [0.15, 0.2) is 64.8 Å². The number of anilines is 1. The number of carboxylic acid groups (broad SMARTS) is 1. The minimum absolute atomic E-state index is 0.00739. The Morgan fingerprint density at radius 1 is 1.17 bits per heavy atom. The smallest absolute Gasteiger partial charge is 0.375 e. The summed E-state index contributed by atoms with van der Waals surface area (Å²) >= 11 is 0.352. The largest absolute Gasteiger partial charge is 0.507 e. The first-order valence-corrected chi connectivity index (χ1v) is 16.2. The maximum atomic E-state index is 17.4. The summed E-state index contributed by atoms with van der Waals surface area (Å²) in [6.45, 7) is 4.79. The van der Waals surface area contributed by atoms with E-state index in [0.29, 0.717) is 17.4 Å². The highest BCUT2D eigenvalue weighted by Gasteiger charge is 2.78. The first-order valence-electron chi connectivity index (χ1n) is 15.3. The molecule has 1 aromatic carbocycles. The number of carbonyl (C=O) groups excluding carboxylic acids is 3. The highest BCUT2D eigenvalue weighted by molar-refractivity contribution is 8.13. The standard InChI is InChI=1S/C27H29F3O6S.C7H7NO3/c1-14-9-16-17-11-19(29)18-10-15(31)6-7-24(18,2)26(17,30)21(32)12-25(16,3)27(14,23(34)37-13-28)36-22(33)20-5-4-8-35-20;8-4-1-2-5(7(10)11)6(9)3-4/h4-8,10,14,16-17,19,21,32H,9,11-13H2,1-3H3;1-3,9H,8H2,(H,10,11)/t14-,16+,17+,19+,21+,24+,25+,26+,27+;/m1./s1. The molecule has 5 N–H and O–H groups in total. The number of nitrogen functional groups attached to an aromatic ring is 1. The van der Waals surface area contributed by atoms with Gasteiger partial charge in [0.2, 0.25) is 10.9 Å². The first-order chi connectivity index (χ1) is 22.5. The Morgan fingerprint density at radius 2 is 1.88 bits per heavy atom. The second kappa shape index (κ2) is 12.4. The molecule has 4 aliphatic carbocycles. The molecule has 0 bridgehead atoms. The number of allylic oxidation sites excluding steroid dienone is 4. The van der Waals surface area contributed by atoms with Crippen LogP contribution in [0.3, 0.4) is 0 Å². The number of carbonyl (C=O) groups is 4. The number of ketones is 1. The van der Waals surface area contributed by atoms with E-state index in [9.17, 15) is 28.7 Å². The van der Waals surface area contributed by atoms with Gasteiger partial charge in [-0.15, -0.1) is 0 Å². The lowest BCUT2D eigenvalue weighted by atomic mass is 9.44. The van der Waals surface area contributed by atoms with E-state index in [4.69, 9.17) is 25.1 Å². The number of aliphatic hydroxyl groups is 1. The summed E-state index contributed by atoms with van der Waals surface area (Å²) in [5.41, 5.74) is -1.71. The van der Waals surface area contributed by atoms with E-state index < -0.39 is 81.0 Å². The second-order valence-corrected chi connectivity index (χ2v) is 14.1. The number of hydrogen-bond acceptors (Lipinski definition) is 10. The Labute approximate surface area is 278 Å². The number of esters is 1. The molecule has 9 atom stereocenters. The van der Waals surface area contributed by atoms with E-state index in [1.807, 2.05) is 0 Å². The number of hydrogen-bond donors (Lipinski definition) is 4. The number of rotatable bonds is 5. The molecule has 3 saturated carbocycles. The summed E-state index contributed by atoms with van der Waals surface area (Å²) in [5, 5.41) is 28.2. The predicted molar refractivity (Wildman–Crippen MR) is 168 cm³/mol. The van der Waals surface area contributed by atoms with E-state index >= 15 is 8.78 Å². The number of phenols is 1. The van der Waals surface area contributed by atoms with Crippen molar-refractivity contribution in [3.8, 4) is 5.75 Å². The Balaban J connectivity index is 0.000000349. The van der Waals surface area contributed by atoms with Gasteiger partial charge in [-0.05, 0) is 85.9 Å². The van der Waals surface area contributed by atoms with Crippen molar-refractivity contribution in [2.45, 2.75) is 63.6 Å². The molecule has 0 saturated heterocycles. The van der Waals surface area contributed by atoms with Gasteiger partial charge in [0.15, 0.2) is 17.1 Å². The fraction of sp³-hybridized carbons (Fsp3) is 0.471. The monoisotopic (exact) mass is 691 g/mol. The molecule has 14 heteroatoms. The van der Waals surface area contributed by atoms with Crippen molar-refractivity contribution >= 4 is 40.3 Å². The third-order valence-electron chi connectivity index (χ3n) is 10.9. The maximum Gasteiger partial charge on any atom is 0.375 e. The van der Waals surface area contributed by atoms with Gasteiger partial charge in [-0.3, -0.25) is 9.59 Å². The van der Waals surface area contributed by atoms with Gasteiger partial charge in [0, 0.05) is 34.4 Å². The fourth-order valence-electron chi connectivity index (χ4n) is 8.70. The molecular formula is C34H36F3NO9S. The lowest BCUT2D eigenvalue weighted by Crippen LogP contribution is -2.70. The van der Waals surface area contributed by atoms with Gasteiger partial charge in [-0.2, -0.15) is 0 Å². The maximum absolute atomic E-state index is 17.4. The lowest BCUT2D eigenvalue weighted by molar-refractivity contribution is -0.221. The number of ether oxygens (including phenoxy) is 1. The van der Waals surface area contributed by atoms with Crippen LogP contribution >= 0.6 is 11.8 Å². The molecule has 0 aliphatic heterocycles. The van der Waals surface area contributed by atoms with Crippen LogP contribution in [0.4, 0.5) is 18.9 Å². The van der Waals surface area contributed by atoms with Gasteiger partial charge in [0.05, 0.1) is 12.4 Å². The molecule has 0 unspecified atom stereocenters. The van der Waals surface area contributed by atoms with Crippen LogP contribution in [0, 0.1) is 28.6 Å². The van der Waals surface area contributed by atoms with Gasteiger partial charge in [0.1, 0.15) is 23.5 Å². The number of halogens is 3. The van der Waals surface area contributed by atoms with Crippen LogP contribution in [-0.4, -0.2) is 67.7 Å². The highest BCUT2D eigenvalue weighted by atomic mass is 32.2. The van der Waals surface area contributed by atoms with E-state index in [0.717, 1.165) is 6.08 Å². The number of aromatic carboxylic acids is 1. The van der Waals surface area contributed by atoms with E-state index in [-0.39, 0.29) is 41.9 Å². The van der Waals surface area contributed by atoms with Crippen molar-refractivity contribution in [3.05, 3.63) is 71.7 Å². The minimum Gasteiger partial charge on any atom is -0.507 e. The zero-order valence-electron chi connectivity index (χ0n) is 26.3. The number of nitrogens with two attached hydrogens (primary N) is 1. The molecule has 48 heavy (non-hydrogen) atoms. The zero-order valence-corrected chi connectivity index (χ0v) is 27.1. The molecule has 0 radical (unpaired) electrons. The number of carboxylic acids is 1. The number of benzene rings is 1. The molecule has 0 amide bonds. The Kier molecular flexibility index (Phi) is 9.14. The van der Waals surface area contributed by atoms with Gasteiger partial charge >= 0.3 is 11.9 Å². The van der Waals surface area contributed by atoms with Crippen LogP contribution in [0.5, 0.6) is 5.75 Å². The van der Waals surface area contributed by atoms with E-state index in [1.54, 1.807) is 13.8 Å². The molecule has 1 heterocycles. The third kappa shape index (κ3) is 5.15. The normalized spacial score (nSPS) is 36.4. The molecule has 3 fully saturated rings. The minimum atomic E-state index is -2.35. The van der Waals surface area contributed by atoms with Crippen LogP contribution in [0.2, 0.25) is 0 Å². The Hall–Kier alpha value is -4.04. The summed E-state index contributed by atoms with van der Waals surface area (Å²) in [5.74, 6) is -5.45. The van der Waals surface area contributed by atoms with Crippen molar-refractivity contribution in [1.82, 2.24) is 0 Å². The van der Waals surface area contributed by atoms with E-state index in [2.05, 4.69) is 0 Å². The van der Waals surface area contributed by atoms with E-state index in [1.165, 1.54) is 55.7 Å². The Morgan fingerprint density at radius 3 is 2.48 bits per heavy atom. The first kappa shape index (κ1) is 35.3. The van der Waals surface area contributed by atoms with Crippen molar-refractivity contribution < 1.29 is 56.8 Å². The summed E-state index contributed by atoms with van der Waals surface area (Å²) in [6.07, 6.45) is 1.16. The summed E-state index contributed by atoms with van der Waals surface area (Å²) in [6, 6.07) is 5.65. The predicted octanol–water partition coefficient (Wildman–Crippen LogP) is 5.60. The van der Waals surface area contributed by atoms with Gasteiger partial charge < -0.3 is 30.2 Å². The van der Waals surface area contributed by atoms with Crippen molar-refractivity contribution in [2.24, 2.45) is 28.6 Å². The quantitative estimate of drug-likeness (QED) is 0.227. The average Bonchev–Trinajstić information content (AvgIpc) is 3.62. The molecule has 258 valence electrons. The Bertz CT molecular complexity index is 1700. The number of alkyl halides is 3. The van der Waals surface area contributed by atoms with Crippen molar-refractivity contribution in [2.75, 3.05) is 11.7 Å². The van der Waals surface area contributed by atoms with Crippen molar-refractivity contribution in [3.63, 3.8) is 0 Å². The molecule has 2 aromatic rings. The molecule has 4 aliphatic rings. The number of furan rings is 1. The second-order valence-electron chi connectivity index (χ2n) is 13.2. The molecule has 10 nitrogen and oxygen atoms in total. The number of thioether (sulfide) groups is 1. The van der Waals surface area contributed by atoms with Gasteiger partial charge in [-0.25, -0.2) is 22.8 Å². The number of fused-ring (bicyclic) bond motifs is 5. The van der Waals surface area contributed by atoms with Gasteiger partial charge in [0.25, 0.3) is 0 Å². The van der Waals surface area contributed by atoms with Crippen molar-refractivity contribution in [1.29, 1.82) is 0 Å². The zero-order chi connectivity index (χ0) is 35.4. The molecule has 0 spiro atoms. The van der Waals surface area contributed by atoms with Crippen LogP contribution < -0.4 is 5.73 Å². The van der Waals surface area contributed by atoms with Crippen LogP contribution in [0.1, 0.15) is 60.9 Å². The van der Waals surface area contributed by atoms with Crippen LogP contribution in [-0.2, 0) is 14.3 Å². The fourth-order valence-corrected chi connectivity index (χ4v) is 9.48. The number of aliphatic hydroxyl groups excluding tert-OH is 1. The highest BCUT2D eigenvalue weighted by Crippen LogP contribution is 2.72. The lowest BCUT2D eigenvalue weighted by Gasteiger charge is -2.63. The van der Waals surface area contributed by atoms with Gasteiger partial charge in [-0.1, -0.05) is 19.9 Å². The summed E-state index contributed by atoms with van der Waals surface area (Å²) in [4.78, 5) is 49.0. The third-order valence-corrected chi connectivity index (χ3v) is 11.6. The molecule has 1 aromatic heterocycles. The summed E-state index contributed by atoms with van der Waals surface area (Å²) < 4.78 is 57.5. The van der Waals surface area contributed by atoms with Crippen LogP contribution in [0.25, 0.3) is 0 Å². The average molecular weight is 692 g/mol. The number of aromatic hydroxyl groups is 1. The SMILES string of the molecule is C[C@@H]1C[C@H]2[C@@H]3C[C@H](F)C4=CC(=O)C=C[C@]4(C)[C@@]3(F)[C@@H](O)C[C@]2(C)[C@@]1(OC(=O)c1ccco1)C(=O)SCF.Nc1ccc(C(=O)O)c(O)c1. The summed E-state index contributed by atoms with van der Waals surface area (Å²) in [7, 11) is 0. The molecule has 6 rings (SSSR count). The topological polar surface area (TPSA) is 177 Å². The molecular weight excluding hydrogens is 655 g/mol.